The minimum Gasteiger partial charge on any atom is -0.326 e. The lowest BCUT2D eigenvalue weighted by atomic mass is 10.0. The molecule has 0 bridgehead atoms. The topological polar surface area (TPSA) is 108 Å². The van der Waals surface area contributed by atoms with Crippen molar-refractivity contribution in [2.24, 2.45) is 0 Å². The summed E-state index contributed by atoms with van der Waals surface area (Å²) in [5.74, 6) is -0.201. The number of halogens is 1. The Labute approximate surface area is 228 Å². The van der Waals surface area contributed by atoms with Gasteiger partial charge in [-0.2, -0.15) is 0 Å². The number of carbonyl (C=O) groups excluding carboxylic acids is 2. The van der Waals surface area contributed by atoms with Gasteiger partial charge in [0.05, 0.1) is 4.90 Å². The standard InChI is InChI=1S/C28H31ClN4O4S/c1-28(2,3)32-38(36,37)25-9-5-4-7-23(25)19-10-16-22(17-11-19)33-18-6-8-24(26(33)34)31-27(35)30-21-14-12-20(29)13-15-21/h4-5,7,9-17,24,32H,6,8,18H2,1-3H3,(H2,30,31,35)/t24-/m1/s1. The average molecular weight is 555 g/mol. The van der Waals surface area contributed by atoms with Crippen molar-refractivity contribution in [2.75, 3.05) is 16.8 Å². The smallest absolute Gasteiger partial charge is 0.319 e. The zero-order valence-corrected chi connectivity index (χ0v) is 23.1. The molecule has 3 N–H and O–H groups in total. The van der Waals surface area contributed by atoms with Crippen LogP contribution in [0, 0.1) is 0 Å². The van der Waals surface area contributed by atoms with Crippen LogP contribution in [0.15, 0.2) is 77.7 Å². The van der Waals surface area contributed by atoms with Gasteiger partial charge in [0.25, 0.3) is 0 Å². The third-order valence-electron chi connectivity index (χ3n) is 5.95. The molecule has 0 unspecified atom stereocenters. The first kappa shape index (κ1) is 27.6. The highest BCUT2D eigenvalue weighted by molar-refractivity contribution is 7.89. The van der Waals surface area contributed by atoms with E-state index in [2.05, 4.69) is 15.4 Å². The minimum atomic E-state index is -3.75. The number of nitrogens with zero attached hydrogens (tertiary/aromatic N) is 1. The Morgan fingerprint density at radius 2 is 1.63 bits per heavy atom. The van der Waals surface area contributed by atoms with Gasteiger partial charge in [0.2, 0.25) is 15.9 Å². The number of sulfonamides is 1. The maximum absolute atomic E-state index is 13.2. The summed E-state index contributed by atoms with van der Waals surface area (Å²) in [5, 5.41) is 6.04. The fourth-order valence-electron chi connectivity index (χ4n) is 4.34. The molecule has 8 nitrogen and oxygen atoms in total. The molecule has 3 aromatic carbocycles. The molecule has 0 aliphatic carbocycles. The van der Waals surface area contributed by atoms with Gasteiger partial charge in [-0.1, -0.05) is 41.9 Å². The van der Waals surface area contributed by atoms with E-state index < -0.39 is 27.6 Å². The molecule has 1 fully saturated rings. The van der Waals surface area contributed by atoms with Gasteiger partial charge in [-0.3, -0.25) is 4.79 Å². The Kier molecular flexibility index (Phi) is 8.10. The number of rotatable bonds is 6. The molecule has 3 aromatic rings. The number of carbonyl (C=O) groups is 2. The monoisotopic (exact) mass is 554 g/mol. The maximum atomic E-state index is 13.2. The van der Waals surface area contributed by atoms with Crippen LogP contribution in [0.3, 0.4) is 0 Å². The van der Waals surface area contributed by atoms with Crippen molar-refractivity contribution in [3.8, 4) is 11.1 Å². The zero-order valence-electron chi connectivity index (χ0n) is 21.5. The molecular formula is C28H31ClN4O4S. The van der Waals surface area contributed by atoms with Crippen LogP contribution in [0.5, 0.6) is 0 Å². The predicted molar refractivity (Wildman–Crippen MR) is 151 cm³/mol. The van der Waals surface area contributed by atoms with E-state index in [1.54, 1.807) is 98.5 Å². The molecule has 10 heteroatoms. The van der Waals surface area contributed by atoms with Gasteiger partial charge in [-0.05, 0) is 81.6 Å². The van der Waals surface area contributed by atoms with Crippen molar-refractivity contribution >= 4 is 44.9 Å². The largest absolute Gasteiger partial charge is 0.326 e. The summed E-state index contributed by atoms with van der Waals surface area (Å²) in [6.07, 6.45) is 1.26. The van der Waals surface area contributed by atoms with E-state index in [0.717, 1.165) is 6.42 Å². The Balaban J connectivity index is 1.49. The molecule has 1 atom stereocenters. The first-order chi connectivity index (χ1) is 17.9. The van der Waals surface area contributed by atoms with Crippen molar-refractivity contribution in [2.45, 2.75) is 50.1 Å². The lowest BCUT2D eigenvalue weighted by Gasteiger charge is -2.32. The van der Waals surface area contributed by atoms with Gasteiger partial charge >= 0.3 is 6.03 Å². The van der Waals surface area contributed by atoms with Crippen LogP contribution in [0.2, 0.25) is 5.02 Å². The quantitative estimate of drug-likeness (QED) is 0.379. The van der Waals surface area contributed by atoms with E-state index in [1.807, 2.05) is 0 Å². The van der Waals surface area contributed by atoms with E-state index >= 15 is 0 Å². The molecule has 0 radical (unpaired) electrons. The van der Waals surface area contributed by atoms with Crippen LogP contribution in [0.4, 0.5) is 16.2 Å². The van der Waals surface area contributed by atoms with E-state index in [4.69, 9.17) is 11.6 Å². The van der Waals surface area contributed by atoms with Crippen LogP contribution in [0.1, 0.15) is 33.6 Å². The molecule has 1 aliphatic heterocycles. The number of benzene rings is 3. The molecule has 0 spiro atoms. The van der Waals surface area contributed by atoms with Crippen LogP contribution < -0.4 is 20.3 Å². The van der Waals surface area contributed by atoms with Crippen LogP contribution in [-0.4, -0.2) is 38.5 Å². The van der Waals surface area contributed by atoms with Gasteiger partial charge in [0.15, 0.2) is 0 Å². The minimum absolute atomic E-state index is 0.188. The Morgan fingerprint density at radius 3 is 2.29 bits per heavy atom. The molecule has 38 heavy (non-hydrogen) atoms. The van der Waals surface area contributed by atoms with E-state index in [1.165, 1.54) is 0 Å². The number of piperidine rings is 1. The number of amides is 3. The van der Waals surface area contributed by atoms with Gasteiger partial charge in [-0.25, -0.2) is 17.9 Å². The van der Waals surface area contributed by atoms with E-state index in [0.29, 0.717) is 40.5 Å². The summed E-state index contributed by atoms with van der Waals surface area (Å²) in [6.45, 7) is 5.90. The Morgan fingerprint density at radius 1 is 0.974 bits per heavy atom. The summed E-state index contributed by atoms with van der Waals surface area (Å²) >= 11 is 5.88. The van der Waals surface area contributed by atoms with Gasteiger partial charge < -0.3 is 15.5 Å². The molecule has 200 valence electrons. The van der Waals surface area contributed by atoms with Crippen LogP contribution in [0.25, 0.3) is 11.1 Å². The summed E-state index contributed by atoms with van der Waals surface area (Å²) in [7, 11) is -3.75. The number of urea groups is 1. The second-order valence-electron chi connectivity index (χ2n) is 10.2. The second kappa shape index (κ2) is 11.1. The number of hydrogen-bond acceptors (Lipinski definition) is 4. The van der Waals surface area contributed by atoms with E-state index in [9.17, 15) is 18.0 Å². The van der Waals surface area contributed by atoms with Crippen molar-refractivity contribution in [1.82, 2.24) is 10.0 Å². The summed E-state index contributed by atoms with van der Waals surface area (Å²) in [4.78, 5) is 27.5. The SMILES string of the molecule is CC(C)(C)NS(=O)(=O)c1ccccc1-c1ccc(N2CCC[C@@H](NC(=O)Nc3ccc(Cl)cc3)C2=O)cc1. The first-order valence-electron chi connectivity index (χ1n) is 12.3. The number of hydrogen-bond donors (Lipinski definition) is 3. The lowest BCUT2D eigenvalue weighted by Crippen LogP contribution is -2.53. The third kappa shape index (κ3) is 6.72. The van der Waals surface area contributed by atoms with E-state index in [-0.39, 0.29) is 10.8 Å². The number of nitrogens with one attached hydrogen (secondary N) is 3. The van der Waals surface area contributed by atoms with Gasteiger partial charge in [0.1, 0.15) is 6.04 Å². The zero-order chi connectivity index (χ0) is 27.5. The highest BCUT2D eigenvalue weighted by atomic mass is 35.5. The van der Waals surface area contributed by atoms with Crippen molar-refractivity contribution in [1.29, 1.82) is 0 Å². The van der Waals surface area contributed by atoms with Gasteiger partial charge in [-0.15, -0.1) is 0 Å². The fraction of sp³-hybridized carbons (Fsp3) is 0.286. The number of anilines is 2. The summed E-state index contributed by atoms with van der Waals surface area (Å²) in [6, 6.07) is 19.6. The van der Waals surface area contributed by atoms with Crippen LogP contribution >= 0.6 is 11.6 Å². The van der Waals surface area contributed by atoms with Crippen molar-refractivity contribution < 1.29 is 18.0 Å². The molecule has 0 saturated carbocycles. The van der Waals surface area contributed by atoms with Crippen molar-refractivity contribution in [3.63, 3.8) is 0 Å². The maximum Gasteiger partial charge on any atom is 0.319 e. The van der Waals surface area contributed by atoms with Gasteiger partial charge in [0, 0.05) is 34.0 Å². The molecular weight excluding hydrogens is 524 g/mol. The molecule has 1 saturated heterocycles. The molecule has 0 aromatic heterocycles. The third-order valence-corrected chi connectivity index (χ3v) is 8.02. The highest BCUT2D eigenvalue weighted by Gasteiger charge is 2.31. The fourth-order valence-corrected chi connectivity index (χ4v) is 6.12. The molecule has 1 aliphatic rings. The Bertz CT molecular complexity index is 1420. The highest BCUT2D eigenvalue weighted by Crippen LogP contribution is 2.30. The Hall–Kier alpha value is -3.40. The second-order valence-corrected chi connectivity index (χ2v) is 12.3. The normalized spacial score (nSPS) is 16.3. The summed E-state index contributed by atoms with van der Waals surface area (Å²) in [5.41, 5.74) is 1.91. The molecule has 3 amide bonds. The molecule has 1 heterocycles. The first-order valence-corrected chi connectivity index (χ1v) is 14.2. The average Bonchev–Trinajstić information content (AvgIpc) is 2.85. The van der Waals surface area contributed by atoms with Crippen molar-refractivity contribution in [3.05, 3.63) is 77.8 Å². The lowest BCUT2D eigenvalue weighted by molar-refractivity contribution is -0.121. The van der Waals surface area contributed by atoms with Crippen LogP contribution in [-0.2, 0) is 14.8 Å². The summed E-state index contributed by atoms with van der Waals surface area (Å²) < 4.78 is 28.8. The molecule has 4 rings (SSSR count). The predicted octanol–water partition coefficient (Wildman–Crippen LogP) is 5.40.